The van der Waals surface area contributed by atoms with E-state index in [4.69, 9.17) is 5.11 Å². The van der Waals surface area contributed by atoms with E-state index in [0.717, 1.165) is 18.0 Å². The number of carboxylic acids is 1. The van der Waals surface area contributed by atoms with Gasteiger partial charge in [0.2, 0.25) is 0 Å². The van der Waals surface area contributed by atoms with E-state index in [0.29, 0.717) is 13.0 Å². The average molecular weight is 292 g/mol. The minimum atomic E-state index is -1.39. The van der Waals surface area contributed by atoms with Crippen LogP contribution in [0.3, 0.4) is 0 Å². The molecule has 0 aliphatic rings. The third-order valence-corrected chi connectivity index (χ3v) is 2.66. The minimum Gasteiger partial charge on any atom is -0.478 e. The fourth-order valence-corrected chi connectivity index (χ4v) is 1.67. The molecule has 0 bridgehead atoms. The van der Waals surface area contributed by atoms with E-state index in [1.54, 1.807) is 12.4 Å². The van der Waals surface area contributed by atoms with Gasteiger partial charge in [-0.2, -0.15) is 0 Å². The predicted octanol–water partition coefficient (Wildman–Crippen LogP) is 1.61. The van der Waals surface area contributed by atoms with Crippen molar-refractivity contribution in [2.24, 2.45) is 0 Å². The number of nitrogens with one attached hydrogen (secondary N) is 3. The van der Waals surface area contributed by atoms with Gasteiger partial charge in [0.15, 0.2) is 0 Å². The van der Waals surface area contributed by atoms with Gasteiger partial charge in [0, 0.05) is 31.0 Å². The monoisotopic (exact) mass is 292 g/mol. The molecule has 0 atom stereocenters. The van der Waals surface area contributed by atoms with E-state index in [9.17, 15) is 14.0 Å². The van der Waals surface area contributed by atoms with Gasteiger partial charge in [0.25, 0.3) is 0 Å². The normalized spacial score (nSPS) is 10.1. The Kier molecular flexibility index (Phi) is 4.50. The molecule has 0 spiro atoms. The summed E-state index contributed by atoms with van der Waals surface area (Å²) in [7, 11) is 0. The Morgan fingerprint density at radius 2 is 2.19 bits per heavy atom. The van der Waals surface area contributed by atoms with Gasteiger partial charge in [-0.05, 0) is 18.2 Å². The first-order valence-corrected chi connectivity index (χ1v) is 6.12. The number of carboxylic acid groups (broad SMARTS) is 1. The van der Waals surface area contributed by atoms with Gasteiger partial charge in [0.1, 0.15) is 11.6 Å². The highest BCUT2D eigenvalue weighted by atomic mass is 19.1. The van der Waals surface area contributed by atoms with E-state index in [-0.39, 0.29) is 5.69 Å². The quantitative estimate of drug-likeness (QED) is 0.671. The first-order chi connectivity index (χ1) is 10.1. The van der Waals surface area contributed by atoms with E-state index in [2.05, 4.69) is 20.6 Å². The molecule has 110 valence electrons. The van der Waals surface area contributed by atoms with E-state index < -0.39 is 23.4 Å². The fourth-order valence-electron chi connectivity index (χ4n) is 1.67. The van der Waals surface area contributed by atoms with Crippen molar-refractivity contribution in [3.05, 3.63) is 47.8 Å². The zero-order valence-corrected chi connectivity index (χ0v) is 10.9. The Balaban J connectivity index is 1.87. The van der Waals surface area contributed by atoms with Crippen LogP contribution < -0.4 is 10.6 Å². The molecule has 1 aromatic heterocycles. The highest BCUT2D eigenvalue weighted by Crippen LogP contribution is 2.14. The fraction of sp³-hybridized carbons (Fsp3) is 0.154. The van der Waals surface area contributed by atoms with E-state index in [1.165, 1.54) is 6.07 Å². The van der Waals surface area contributed by atoms with Gasteiger partial charge in [-0.1, -0.05) is 0 Å². The van der Waals surface area contributed by atoms with Crippen molar-refractivity contribution in [2.45, 2.75) is 6.42 Å². The van der Waals surface area contributed by atoms with Crippen LogP contribution >= 0.6 is 0 Å². The lowest BCUT2D eigenvalue weighted by atomic mass is 10.2. The Morgan fingerprint density at radius 3 is 2.86 bits per heavy atom. The molecule has 0 aliphatic carbocycles. The van der Waals surface area contributed by atoms with Gasteiger partial charge >= 0.3 is 12.0 Å². The van der Waals surface area contributed by atoms with Gasteiger partial charge in [0.05, 0.1) is 5.56 Å². The van der Waals surface area contributed by atoms with Crippen LogP contribution in [0.15, 0.2) is 30.6 Å². The van der Waals surface area contributed by atoms with Crippen molar-refractivity contribution in [3.8, 4) is 0 Å². The number of aromatic carboxylic acids is 1. The molecule has 0 saturated heterocycles. The van der Waals surface area contributed by atoms with E-state index in [1.807, 2.05) is 0 Å². The number of anilines is 1. The third-order valence-electron chi connectivity index (χ3n) is 2.66. The number of H-pyrrole nitrogens is 1. The second-order valence-electron chi connectivity index (χ2n) is 4.17. The van der Waals surface area contributed by atoms with Crippen LogP contribution in [0, 0.1) is 5.82 Å². The Labute approximate surface area is 119 Å². The first kappa shape index (κ1) is 14.5. The van der Waals surface area contributed by atoms with Crippen LogP contribution in [0.25, 0.3) is 0 Å². The zero-order valence-electron chi connectivity index (χ0n) is 10.9. The smallest absolute Gasteiger partial charge is 0.338 e. The SMILES string of the molecule is O=C(NCCc1ncc[nH]1)Nc1ccc(F)c(C(=O)O)c1. The molecule has 0 unspecified atom stereocenters. The summed E-state index contributed by atoms with van der Waals surface area (Å²) in [4.78, 5) is 29.3. The maximum Gasteiger partial charge on any atom is 0.338 e. The van der Waals surface area contributed by atoms with Crippen LogP contribution in [0.4, 0.5) is 14.9 Å². The number of carbonyl (C=O) groups is 2. The van der Waals surface area contributed by atoms with Gasteiger partial charge < -0.3 is 20.7 Å². The van der Waals surface area contributed by atoms with E-state index >= 15 is 0 Å². The summed E-state index contributed by atoms with van der Waals surface area (Å²) >= 11 is 0. The zero-order chi connectivity index (χ0) is 15.2. The molecule has 0 radical (unpaired) electrons. The molecular formula is C13H13FN4O3. The number of hydrogen-bond donors (Lipinski definition) is 4. The molecule has 8 heteroatoms. The van der Waals surface area contributed by atoms with Gasteiger partial charge in [-0.3, -0.25) is 0 Å². The minimum absolute atomic E-state index is 0.198. The predicted molar refractivity (Wildman–Crippen MR) is 72.7 cm³/mol. The topological polar surface area (TPSA) is 107 Å². The maximum absolute atomic E-state index is 13.2. The summed E-state index contributed by atoms with van der Waals surface area (Å²) in [5, 5.41) is 13.8. The lowest BCUT2D eigenvalue weighted by molar-refractivity contribution is 0.0692. The highest BCUT2D eigenvalue weighted by Gasteiger charge is 2.11. The number of aromatic amines is 1. The number of halogens is 1. The molecule has 2 amide bonds. The summed E-state index contributed by atoms with van der Waals surface area (Å²) in [5.41, 5.74) is -0.298. The summed E-state index contributed by atoms with van der Waals surface area (Å²) in [6.07, 6.45) is 3.83. The second kappa shape index (κ2) is 6.51. The molecule has 1 heterocycles. The standard InChI is InChI=1S/C13H13FN4O3/c14-10-2-1-8(7-9(10)12(19)20)18-13(21)17-4-3-11-15-5-6-16-11/h1-2,5-7H,3-4H2,(H,15,16)(H,19,20)(H2,17,18,21). The summed E-state index contributed by atoms with van der Waals surface area (Å²) in [6, 6.07) is 2.82. The Bertz CT molecular complexity index is 643. The lowest BCUT2D eigenvalue weighted by Gasteiger charge is -2.08. The Morgan fingerprint density at radius 1 is 1.38 bits per heavy atom. The van der Waals surface area contributed by atoms with Crippen LogP contribution in [0.2, 0.25) is 0 Å². The average Bonchev–Trinajstić information content (AvgIpc) is 2.94. The summed E-state index contributed by atoms with van der Waals surface area (Å²) < 4.78 is 13.2. The molecule has 1 aromatic carbocycles. The molecule has 0 fully saturated rings. The molecule has 2 rings (SSSR count). The maximum atomic E-state index is 13.2. The molecule has 0 saturated carbocycles. The largest absolute Gasteiger partial charge is 0.478 e. The van der Waals surface area contributed by atoms with Crippen LogP contribution in [0.1, 0.15) is 16.2 Å². The van der Waals surface area contributed by atoms with Crippen molar-refractivity contribution < 1.29 is 19.1 Å². The number of amides is 2. The molecule has 2 aromatic rings. The Hall–Kier alpha value is -2.90. The van der Waals surface area contributed by atoms with Gasteiger partial charge in [-0.15, -0.1) is 0 Å². The molecule has 4 N–H and O–H groups in total. The molecule has 7 nitrogen and oxygen atoms in total. The van der Waals surface area contributed by atoms with Crippen LogP contribution in [-0.2, 0) is 6.42 Å². The lowest BCUT2D eigenvalue weighted by Crippen LogP contribution is -2.30. The molecule has 21 heavy (non-hydrogen) atoms. The van der Waals surface area contributed by atoms with Crippen LogP contribution in [-0.4, -0.2) is 33.6 Å². The van der Waals surface area contributed by atoms with Crippen molar-refractivity contribution in [1.29, 1.82) is 0 Å². The number of hydrogen-bond acceptors (Lipinski definition) is 3. The third kappa shape index (κ3) is 4.03. The van der Waals surface area contributed by atoms with Gasteiger partial charge in [-0.25, -0.2) is 19.0 Å². The number of rotatable bonds is 5. The molecular weight excluding hydrogens is 279 g/mol. The highest BCUT2D eigenvalue weighted by molar-refractivity contribution is 5.93. The van der Waals surface area contributed by atoms with Crippen LogP contribution in [0.5, 0.6) is 0 Å². The number of aromatic nitrogens is 2. The second-order valence-corrected chi connectivity index (χ2v) is 4.17. The first-order valence-electron chi connectivity index (χ1n) is 6.12. The number of urea groups is 1. The van der Waals surface area contributed by atoms with Crippen molar-refractivity contribution in [3.63, 3.8) is 0 Å². The summed E-state index contributed by atoms with van der Waals surface area (Å²) in [6.45, 7) is 0.354. The van der Waals surface area contributed by atoms with Crippen molar-refractivity contribution in [2.75, 3.05) is 11.9 Å². The number of nitrogens with zero attached hydrogens (tertiary/aromatic N) is 1. The molecule has 0 aliphatic heterocycles. The number of carbonyl (C=O) groups excluding carboxylic acids is 1. The van der Waals surface area contributed by atoms with Crippen molar-refractivity contribution >= 4 is 17.7 Å². The van der Waals surface area contributed by atoms with Crippen molar-refractivity contribution in [1.82, 2.24) is 15.3 Å². The summed E-state index contributed by atoms with van der Waals surface area (Å²) in [5.74, 6) is -1.51. The number of imidazole rings is 1. The number of benzene rings is 1.